The first-order valence-electron chi connectivity index (χ1n) is 5.78. The van der Waals surface area contributed by atoms with Gasteiger partial charge >= 0.3 is 0 Å². The molecule has 0 fully saturated rings. The zero-order chi connectivity index (χ0) is 14.5. The Labute approximate surface area is 120 Å². The van der Waals surface area contributed by atoms with Crippen LogP contribution in [0, 0.1) is 5.82 Å². The number of rotatable bonds is 4. The first kappa shape index (κ1) is 14.1. The van der Waals surface area contributed by atoms with Gasteiger partial charge in [0.25, 0.3) is 5.91 Å². The van der Waals surface area contributed by atoms with E-state index in [4.69, 9.17) is 22.1 Å². The Morgan fingerprint density at radius 1 is 1.30 bits per heavy atom. The van der Waals surface area contributed by atoms with E-state index in [2.05, 4.69) is 5.32 Å². The van der Waals surface area contributed by atoms with Crippen LogP contribution in [-0.2, 0) is 4.79 Å². The third kappa shape index (κ3) is 3.86. The second-order valence-corrected chi connectivity index (χ2v) is 4.47. The van der Waals surface area contributed by atoms with Crippen LogP contribution >= 0.6 is 11.6 Å². The number of benzene rings is 2. The number of hydrogen-bond acceptors (Lipinski definition) is 3. The Kier molecular flexibility index (Phi) is 4.42. The Hall–Kier alpha value is -2.27. The van der Waals surface area contributed by atoms with E-state index in [0.29, 0.717) is 16.5 Å². The molecule has 2 aromatic rings. The molecule has 0 bridgehead atoms. The average molecular weight is 295 g/mol. The molecule has 0 aromatic heterocycles. The minimum Gasteiger partial charge on any atom is -0.484 e. The normalized spacial score (nSPS) is 10.1. The number of carbonyl (C=O) groups excluding carboxylic acids is 1. The molecule has 0 saturated heterocycles. The summed E-state index contributed by atoms with van der Waals surface area (Å²) < 4.78 is 18.7. The van der Waals surface area contributed by atoms with Crippen LogP contribution in [0.5, 0.6) is 5.75 Å². The molecule has 3 N–H and O–H groups in total. The zero-order valence-electron chi connectivity index (χ0n) is 10.4. The van der Waals surface area contributed by atoms with Crippen molar-refractivity contribution in [2.75, 3.05) is 17.7 Å². The Morgan fingerprint density at radius 3 is 2.85 bits per heavy atom. The van der Waals surface area contributed by atoms with Gasteiger partial charge < -0.3 is 15.8 Å². The van der Waals surface area contributed by atoms with Crippen molar-refractivity contribution in [1.29, 1.82) is 0 Å². The summed E-state index contributed by atoms with van der Waals surface area (Å²) in [6, 6.07) is 10.6. The maximum Gasteiger partial charge on any atom is 0.262 e. The van der Waals surface area contributed by atoms with E-state index in [0.717, 1.165) is 0 Å². The highest BCUT2D eigenvalue weighted by Gasteiger charge is 2.08. The van der Waals surface area contributed by atoms with Crippen LogP contribution < -0.4 is 15.8 Å². The molecule has 2 rings (SSSR count). The summed E-state index contributed by atoms with van der Waals surface area (Å²) in [5.74, 6) is -0.591. The van der Waals surface area contributed by atoms with Gasteiger partial charge in [0.05, 0.1) is 5.69 Å². The SMILES string of the molecule is Nc1cccc(OCC(=O)Nc2cc(Cl)ccc2F)c1. The third-order valence-electron chi connectivity index (χ3n) is 2.43. The number of nitrogens with two attached hydrogens (primary N) is 1. The number of amides is 1. The number of anilines is 2. The van der Waals surface area contributed by atoms with Gasteiger partial charge in [-0.1, -0.05) is 17.7 Å². The first-order chi connectivity index (χ1) is 9.54. The predicted molar refractivity (Wildman–Crippen MR) is 76.4 cm³/mol. The van der Waals surface area contributed by atoms with Crippen molar-refractivity contribution in [3.05, 3.63) is 53.3 Å². The summed E-state index contributed by atoms with van der Waals surface area (Å²) >= 11 is 5.73. The lowest BCUT2D eigenvalue weighted by Gasteiger charge is -2.09. The van der Waals surface area contributed by atoms with E-state index in [-0.39, 0.29) is 12.3 Å². The topological polar surface area (TPSA) is 64.3 Å². The number of ether oxygens (including phenoxy) is 1. The molecule has 4 nitrogen and oxygen atoms in total. The second kappa shape index (κ2) is 6.25. The van der Waals surface area contributed by atoms with Crippen LogP contribution in [0.25, 0.3) is 0 Å². The van der Waals surface area contributed by atoms with Crippen LogP contribution in [0.4, 0.5) is 15.8 Å². The lowest BCUT2D eigenvalue weighted by Crippen LogP contribution is -2.20. The number of nitrogen functional groups attached to an aromatic ring is 1. The van der Waals surface area contributed by atoms with Crippen LogP contribution in [0.3, 0.4) is 0 Å². The maximum atomic E-state index is 13.4. The molecule has 0 atom stereocenters. The fraction of sp³-hybridized carbons (Fsp3) is 0.0714. The molecule has 0 aliphatic heterocycles. The van der Waals surface area contributed by atoms with Crippen molar-refractivity contribution in [3.63, 3.8) is 0 Å². The van der Waals surface area contributed by atoms with Crippen LogP contribution in [0.15, 0.2) is 42.5 Å². The molecule has 0 radical (unpaired) electrons. The summed E-state index contributed by atoms with van der Waals surface area (Å²) in [7, 11) is 0. The summed E-state index contributed by atoms with van der Waals surface area (Å²) in [4.78, 5) is 11.7. The maximum absolute atomic E-state index is 13.4. The molecular formula is C14H12ClFN2O2. The van der Waals surface area contributed by atoms with Crippen molar-refractivity contribution < 1.29 is 13.9 Å². The Balaban J connectivity index is 1.94. The Bertz CT molecular complexity index is 634. The molecule has 0 aliphatic rings. The van der Waals surface area contributed by atoms with E-state index in [9.17, 15) is 9.18 Å². The minimum absolute atomic E-state index is 0.0127. The molecule has 0 spiro atoms. The van der Waals surface area contributed by atoms with Gasteiger partial charge in [0.1, 0.15) is 11.6 Å². The molecule has 0 aliphatic carbocycles. The second-order valence-electron chi connectivity index (χ2n) is 4.03. The fourth-order valence-electron chi connectivity index (χ4n) is 1.53. The van der Waals surface area contributed by atoms with Crippen molar-refractivity contribution in [3.8, 4) is 5.75 Å². The molecule has 0 unspecified atom stereocenters. The molecule has 0 saturated carbocycles. The highest BCUT2D eigenvalue weighted by molar-refractivity contribution is 6.30. The van der Waals surface area contributed by atoms with E-state index in [1.807, 2.05) is 0 Å². The molecule has 20 heavy (non-hydrogen) atoms. The van der Waals surface area contributed by atoms with Crippen LogP contribution in [-0.4, -0.2) is 12.5 Å². The fourth-order valence-corrected chi connectivity index (χ4v) is 1.70. The number of nitrogens with one attached hydrogen (secondary N) is 1. The van der Waals surface area contributed by atoms with E-state index in [1.54, 1.807) is 24.3 Å². The van der Waals surface area contributed by atoms with Gasteiger partial charge in [-0.25, -0.2) is 4.39 Å². The highest BCUT2D eigenvalue weighted by atomic mass is 35.5. The summed E-state index contributed by atoms with van der Waals surface area (Å²) in [5.41, 5.74) is 6.12. The lowest BCUT2D eigenvalue weighted by atomic mass is 10.3. The average Bonchev–Trinajstić information content (AvgIpc) is 2.41. The van der Waals surface area contributed by atoms with Crippen LogP contribution in [0.1, 0.15) is 0 Å². The quantitative estimate of drug-likeness (QED) is 0.852. The van der Waals surface area contributed by atoms with Gasteiger partial charge in [-0.3, -0.25) is 4.79 Å². The zero-order valence-corrected chi connectivity index (χ0v) is 11.2. The minimum atomic E-state index is -0.563. The van der Waals surface area contributed by atoms with Gasteiger partial charge in [0.2, 0.25) is 0 Å². The van der Waals surface area contributed by atoms with Gasteiger partial charge in [-0.2, -0.15) is 0 Å². The summed E-state index contributed by atoms with van der Waals surface area (Å²) in [5, 5.41) is 2.71. The molecule has 0 heterocycles. The van der Waals surface area contributed by atoms with E-state index < -0.39 is 11.7 Å². The van der Waals surface area contributed by atoms with Crippen molar-refractivity contribution >= 4 is 28.9 Å². The molecule has 2 aromatic carbocycles. The smallest absolute Gasteiger partial charge is 0.262 e. The van der Waals surface area contributed by atoms with Gasteiger partial charge in [-0.05, 0) is 30.3 Å². The van der Waals surface area contributed by atoms with Crippen LogP contribution in [0.2, 0.25) is 5.02 Å². The molecular weight excluding hydrogens is 283 g/mol. The molecule has 6 heteroatoms. The van der Waals surface area contributed by atoms with Gasteiger partial charge in [0.15, 0.2) is 6.61 Å². The third-order valence-corrected chi connectivity index (χ3v) is 2.67. The van der Waals surface area contributed by atoms with Gasteiger partial charge in [0, 0.05) is 16.8 Å². The standard InChI is InChI=1S/C14H12ClFN2O2/c15-9-4-5-12(16)13(6-9)18-14(19)8-20-11-3-1-2-10(17)7-11/h1-7H,8,17H2,(H,18,19). The molecule has 104 valence electrons. The highest BCUT2D eigenvalue weighted by Crippen LogP contribution is 2.19. The largest absolute Gasteiger partial charge is 0.484 e. The summed E-state index contributed by atoms with van der Waals surface area (Å²) in [6.45, 7) is -0.255. The number of hydrogen-bond donors (Lipinski definition) is 2. The van der Waals surface area contributed by atoms with E-state index in [1.165, 1.54) is 18.2 Å². The van der Waals surface area contributed by atoms with Crippen molar-refractivity contribution in [1.82, 2.24) is 0 Å². The number of carbonyl (C=O) groups is 1. The number of halogens is 2. The van der Waals surface area contributed by atoms with Crippen molar-refractivity contribution in [2.45, 2.75) is 0 Å². The Morgan fingerprint density at radius 2 is 2.10 bits per heavy atom. The summed E-state index contributed by atoms with van der Waals surface area (Å²) in [6.07, 6.45) is 0. The predicted octanol–water partition coefficient (Wildman–Crippen LogP) is 3.08. The van der Waals surface area contributed by atoms with Crippen molar-refractivity contribution in [2.24, 2.45) is 0 Å². The molecule has 1 amide bonds. The first-order valence-corrected chi connectivity index (χ1v) is 6.15. The van der Waals surface area contributed by atoms with Gasteiger partial charge in [-0.15, -0.1) is 0 Å². The lowest BCUT2D eigenvalue weighted by molar-refractivity contribution is -0.118. The monoisotopic (exact) mass is 294 g/mol. The van der Waals surface area contributed by atoms with E-state index >= 15 is 0 Å².